The summed E-state index contributed by atoms with van der Waals surface area (Å²) in [7, 11) is -0.895. The minimum absolute atomic E-state index is 0.0341. The van der Waals surface area contributed by atoms with Gasteiger partial charge < -0.3 is 19.5 Å². The van der Waals surface area contributed by atoms with Gasteiger partial charge in [0.25, 0.3) is 10.0 Å². The number of ether oxygens (including phenoxy) is 3. The Labute approximate surface area is 240 Å². The average Bonchev–Trinajstić information content (AvgIpc) is 3.30. The maximum absolute atomic E-state index is 12.2. The zero-order valence-electron chi connectivity index (χ0n) is 22.9. The Hall–Kier alpha value is -4.50. The number of amides is 1. The highest BCUT2D eigenvalue weighted by atomic mass is 32.2. The Morgan fingerprint density at radius 1 is 1.00 bits per heavy atom. The number of sulfonamides is 1. The second kappa shape index (κ2) is 12.3. The molecule has 0 aliphatic heterocycles. The third-order valence-corrected chi connectivity index (χ3v) is 8.15. The second-order valence-corrected chi connectivity index (χ2v) is 11.2. The molecule has 0 atom stereocenters. The highest BCUT2D eigenvalue weighted by Gasteiger charge is 2.19. The Balaban J connectivity index is 1.66. The Morgan fingerprint density at radius 3 is 2.32 bits per heavy atom. The van der Waals surface area contributed by atoms with Gasteiger partial charge in [-0.15, -0.1) is 0 Å². The number of hydrogen-bond acceptors (Lipinski definition) is 13. The van der Waals surface area contributed by atoms with E-state index in [0.29, 0.717) is 43.9 Å². The van der Waals surface area contributed by atoms with Gasteiger partial charge in [-0.25, -0.2) is 27.9 Å². The number of hydrogen-bond donors (Lipinski definition) is 3. The van der Waals surface area contributed by atoms with E-state index >= 15 is 0 Å². The molecular weight excluding hydrogens is 572 g/mol. The van der Waals surface area contributed by atoms with Gasteiger partial charge in [-0.2, -0.15) is 4.98 Å². The van der Waals surface area contributed by atoms with Crippen molar-refractivity contribution >= 4 is 61.0 Å². The Morgan fingerprint density at radius 2 is 1.68 bits per heavy atom. The van der Waals surface area contributed by atoms with Crippen molar-refractivity contribution in [1.29, 1.82) is 0 Å². The molecule has 0 radical (unpaired) electrons. The lowest BCUT2D eigenvalue weighted by molar-refractivity contribution is -0.117. The molecule has 0 fully saturated rings. The molecule has 1 amide bonds. The van der Waals surface area contributed by atoms with Crippen LogP contribution in [-0.4, -0.2) is 56.1 Å². The second-order valence-electron chi connectivity index (χ2n) is 8.56. The normalized spacial score (nSPS) is 11.1. The fourth-order valence-electron chi connectivity index (χ4n) is 3.80. The lowest BCUT2D eigenvalue weighted by atomic mass is 10.2. The molecule has 0 unspecified atom stereocenters. The van der Waals surface area contributed by atoms with E-state index in [2.05, 4.69) is 25.6 Å². The highest BCUT2D eigenvalue weighted by Crippen LogP contribution is 2.35. The monoisotopic (exact) mass is 600 g/mol. The molecule has 4 aromatic rings. The standard InChI is InChI=1S/C26H28N6O7S2/c1-6-39-24(34)22-14(2)28-26(40-22)31-25-29-19-12-21(38-5)20(37-4)11-18(19)23(30-25)27-13-16-7-9-17(10-8-16)41(35,36)32-15(3)33/h7-12H,6,13H2,1-5H3,(H,32,33)(H2,27,28,29,30,31). The van der Waals surface area contributed by atoms with Gasteiger partial charge in [0.1, 0.15) is 10.7 Å². The van der Waals surface area contributed by atoms with E-state index in [1.807, 2.05) is 4.72 Å². The number of thiazole rings is 1. The Bertz CT molecular complexity index is 1710. The number of carbonyl (C=O) groups excluding carboxylic acids is 2. The molecule has 0 aliphatic rings. The van der Waals surface area contributed by atoms with Crippen LogP contribution < -0.4 is 24.8 Å². The quantitative estimate of drug-likeness (QED) is 0.213. The summed E-state index contributed by atoms with van der Waals surface area (Å²) in [4.78, 5) is 37.4. The summed E-state index contributed by atoms with van der Waals surface area (Å²) < 4.78 is 42.4. The molecule has 2 aromatic carbocycles. The molecule has 2 aromatic heterocycles. The number of methoxy groups -OCH3 is 2. The molecular formula is C26H28N6O7S2. The van der Waals surface area contributed by atoms with Gasteiger partial charge in [0.2, 0.25) is 11.9 Å². The van der Waals surface area contributed by atoms with Crippen molar-refractivity contribution in [1.82, 2.24) is 19.7 Å². The first-order valence-corrected chi connectivity index (χ1v) is 14.6. The minimum Gasteiger partial charge on any atom is -0.493 e. The number of carbonyl (C=O) groups is 2. The topological polar surface area (TPSA) is 171 Å². The third kappa shape index (κ3) is 6.81. The first-order valence-electron chi connectivity index (χ1n) is 12.3. The number of nitrogens with zero attached hydrogens (tertiary/aromatic N) is 3. The van der Waals surface area contributed by atoms with Gasteiger partial charge in [0.05, 0.1) is 36.9 Å². The van der Waals surface area contributed by atoms with Gasteiger partial charge in [0, 0.05) is 24.9 Å². The van der Waals surface area contributed by atoms with Crippen molar-refractivity contribution in [3.8, 4) is 11.5 Å². The molecule has 4 rings (SSSR count). The summed E-state index contributed by atoms with van der Waals surface area (Å²) in [6, 6.07) is 9.54. The van der Waals surface area contributed by atoms with Gasteiger partial charge in [-0.05, 0) is 37.6 Å². The first kappa shape index (κ1) is 29.5. The number of fused-ring (bicyclic) bond motifs is 1. The fraction of sp³-hybridized carbons (Fsp3) is 0.269. The molecule has 0 aliphatic carbocycles. The molecule has 2 heterocycles. The maximum atomic E-state index is 12.2. The van der Waals surface area contributed by atoms with Crippen LogP contribution in [-0.2, 0) is 26.1 Å². The van der Waals surface area contributed by atoms with E-state index in [-0.39, 0.29) is 24.0 Å². The number of aromatic nitrogens is 3. The van der Waals surface area contributed by atoms with Crippen molar-refractivity contribution in [3.63, 3.8) is 0 Å². The summed E-state index contributed by atoms with van der Waals surface area (Å²) in [5, 5.41) is 7.37. The molecule has 216 valence electrons. The van der Waals surface area contributed by atoms with Crippen LogP contribution in [0, 0.1) is 6.92 Å². The molecule has 0 bridgehead atoms. The van der Waals surface area contributed by atoms with Crippen molar-refractivity contribution in [2.75, 3.05) is 31.5 Å². The SMILES string of the molecule is CCOC(=O)c1sc(Nc2nc(NCc3ccc(S(=O)(=O)NC(C)=O)cc3)c3cc(OC)c(OC)cc3n2)nc1C. The summed E-state index contributed by atoms with van der Waals surface area (Å²) in [5.74, 6) is 0.495. The first-order chi connectivity index (χ1) is 19.5. The van der Waals surface area contributed by atoms with E-state index in [4.69, 9.17) is 14.2 Å². The van der Waals surface area contributed by atoms with Crippen molar-refractivity contribution < 1.29 is 32.2 Å². The van der Waals surface area contributed by atoms with Gasteiger partial charge >= 0.3 is 5.97 Å². The predicted octanol–water partition coefficient (Wildman–Crippen LogP) is 3.77. The number of anilines is 3. The average molecular weight is 601 g/mol. The van der Waals surface area contributed by atoms with Crippen molar-refractivity contribution in [2.45, 2.75) is 32.2 Å². The molecule has 3 N–H and O–H groups in total. The molecule has 15 heteroatoms. The van der Waals surface area contributed by atoms with Gasteiger partial charge in [-0.1, -0.05) is 23.5 Å². The summed E-state index contributed by atoms with van der Waals surface area (Å²) in [5.41, 5.74) is 1.81. The Kier molecular flexibility index (Phi) is 8.88. The van der Waals surface area contributed by atoms with Crippen LogP contribution >= 0.6 is 11.3 Å². The number of rotatable bonds is 11. The van der Waals surface area contributed by atoms with Crippen LogP contribution in [0.4, 0.5) is 16.9 Å². The summed E-state index contributed by atoms with van der Waals surface area (Å²) >= 11 is 1.13. The van der Waals surface area contributed by atoms with E-state index in [1.165, 1.54) is 26.4 Å². The number of benzene rings is 2. The number of esters is 1. The zero-order valence-corrected chi connectivity index (χ0v) is 24.5. The number of nitrogens with one attached hydrogen (secondary N) is 3. The minimum atomic E-state index is -3.94. The number of aryl methyl sites for hydroxylation is 1. The third-order valence-electron chi connectivity index (χ3n) is 5.65. The molecule has 0 saturated heterocycles. The highest BCUT2D eigenvalue weighted by molar-refractivity contribution is 7.90. The van der Waals surface area contributed by atoms with Gasteiger partial charge in [-0.3, -0.25) is 10.1 Å². The van der Waals surface area contributed by atoms with Crippen LogP contribution in [0.3, 0.4) is 0 Å². The van der Waals surface area contributed by atoms with E-state index in [9.17, 15) is 18.0 Å². The van der Waals surface area contributed by atoms with Gasteiger partial charge in [0.15, 0.2) is 16.6 Å². The molecule has 41 heavy (non-hydrogen) atoms. The predicted molar refractivity (Wildman–Crippen MR) is 154 cm³/mol. The summed E-state index contributed by atoms with van der Waals surface area (Å²) in [6.07, 6.45) is 0. The van der Waals surface area contributed by atoms with Crippen molar-refractivity contribution in [3.05, 3.63) is 52.5 Å². The van der Waals surface area contributed by atoms with Crippen LogP contribution in [0.2, 0.25) is 0 Å². The molecule has 0 saturated carbocycles. The van der Waals surface area contributed by atoms with Crippen LogP contribution in [0.5, 0.6) is 11.5 Å². The van der Waals surface area contributed by atoms with Crippen molar-refractivity contribution in [2.24, 2.45) is 0 Å². The molecule has 13 nitrogen and oxygen atoms in total. The smallest absolute Gasteiger partial charge is 0.350 e. The van der Waals surface area contributed by atoms with Crippen LogP contribution in [0.25, 0.3) is 10.9 Å². The van der Waals surface area contributed by atoms with Crippen LogP contribution in [0.1, 0.15) is 34.8 Å². The lowest BCUT2D eigenvalue weighted by Crippen LogP contribution is -2.28. The summed E-state index contributed by atoms with van der Waals surface area (Å²) in [6.45, 7) is 5.11. The molecule has 0 spiro atoms. The van der Waals surface area contributed by atoms with Crippen LogP contribution in [0.15, 0.2) is 41.3 Å². The lowest BCUT2D eigenvalue weighted by Gasteiger charge is -2.14. The zero-order chi connectivity index (χ0) is 29.7. The van der Waals surface area contributed by atoms with E-state index < -0.39 is 21.9 Å². The van der Waals surface area contributed by atoms with E-state index in [0.717, 1.165) is 23.8 Å². The van der Waals surface area contributed by atoms with E-state index in [1.54, 1.807) is 38.1 Å². The maximum Gasteiger partial charge on any atom is 0.350 e. The fourth-order valence-corrected chi connectivity index (χ4v) is 5.64. The largest absolute Gasteiger partial charge is 0.493 e.